The molecule has 5 heteroatoms. The highest BCUT2D eigenvalue weighted by Gasteiger charge is 2.13. The van der Waals surface area contributed by atoms with Crippen LogP contribution < -0.4 is 0 Å². The summed E-state index contributed by atoms with van der Waals surface area (Å²) in [5.41, 5.74) is -0.330. The van der Waals surface area contributed by atoms with Crippen molar-refractivity contribution in [2.45, 2.75) is 0 Å². The van der Waals surface area contributed by atoms with Crippen LogP contribution in [0.15, 0.2) is 29.6 Å². The smallest absolute Gasteiger partial charge is 0.360 e. The lowest BCUT2D eigenvalue weighted by molar-refractivity contribution is -0.129. The summed E-state index contributed by atoms with van der Waals surface area (Å²) in [5.74, 6) is -1.31. The van der Waals surface area contributed by atoms with Gasteiger partial charge in [-0.1, -0.05) is 11.2 Å². The molecule has 1 aromatic rings. The summed E-state index contributed by atoms with van der Waals surface area (Å²) < 4.78 is 0. The highest BCUT2D eigenvalue weighted by Crippen LogP contribution is 1.96. The standard InChI is InChI=1S/C7H6N2O3/c10-7(11)6(9-12)5-3-1-2-4-8-5/h1-4,12H,(H,10,11)/b9-6-. The van der Waals surface area contributed by atoms with E-state index in [0.29, 0.717) is 0 Å². The lowest BCUT2D eigenvalue weighted by atomic mass is 10.2. The Bertz CT molecular complexity index is 308. The Morgan fingerprint density at radius 1 is 1.50 bits per heavy atom. The van der Waals surface area contributed by atoms with Gasteiger partial charge in [-0.3, -0.25) is 4.98 Å². The second kappa shape index (κ2) is 3.47. The van der Waals surface area contributed by atoms with Gasteiger partial charge in [0, 0.05) is 6.20 Å². The maximum atomic E-state index is 10.4. The Kier molecular flexibility index (Phi) is 2.37. The lowest BCUT2D eigenvalue weighted by Crippen LogP contribution is -2.15. The van der Waals surface area contributed by atoms with Crippen molar-refractivity contribution in [1.82, 2.24) is 4.98 Å². The van der Waals surface area contributed by atoms with Crippen molar-refractivity contribution in [3.05, 3.63) is 30.1 Å². The van der Waals surface area contributed by atoms with E-state index in [4.69, 9.17) is 10.3 Å². The third-order valence-electron chi connectivity index (χ3n) is 1.21. The van der Waals surface area contributed by atoms with Crippen molar-refractivity contribution in [3.8, 4) is 0 Å². The van der Waals surface area contributed by atoms with Crippen LogP contribution in [0, 0.1) is 0 Å². The maximum absolute atomic E-state index is 10.4. The van der Waals surface area contributed by atoms with Gasteiger partial charge in [-0.15, -0.1) is 0 Å². The molecular formula is C7H6N2O3. The first-order valence-corrected chi connectivity index (χ1v) is 3.12. The van der Waals surface area contributed by atoms with Gasteiger partial charge >= 0.3 is 5.97 Å². The molecule has 12 heavy (non-hydrogen) atoms. The summed E-state index contributed by atoms with van der Waals surface area (Å²) in [6.07, 6.45) is 1.42. The van der Waals surface area contributed by atoms with Gasteiger partial charge < -0.3 is 10.3 Å². The summed E-state index contributed by atoms with van der Waals surface area (Å²) in [5, 5.41) is 19.4. The molecule has 0 aliphatic rings. The Balaban J connectivity index is 3.05. The Morgan fingerprint density at radius 2 is 2.25 bits per heavy atom. The Labute approximate surface area is 68.0 Å². The number of pyridine rings is 1. The van der Waals surface area contributed by atoms with Gasteiger partial charge in [0.05, 0.1) is 5.69 Å². The van der Waals surface area contributed by atoms with Crippen LogP contribution in [0.4, 0.5) is 0 Å². The zero-order chi connectivity index (χ0) is 8.97. The van der Waals surface area contributed by atoms with E-state index in [1.54, 1.807) is 12.1 Å². The van der Waals surface area contributed by atoms with E-state index < -0.39 is 11.7 Å². The van der Waals surface area contributed by atoms with Crippen LogP contribution in [0.5, 0.6) is 0 Å². The van der Waals surface area contributed by atoms with Gasteiger partial charge in [0.1, 0.15) is 0 Å². The molecule has 0 saturated heterocycles. The molecule has 0 bridgehead atoms. The molecule has 0 amide bonds. The third kappa shape index (κ3) is 1.57. The molecule has 62 valence electrons. The molecule has 0 aliphatic heterocycles. The van der Waals surface area contributed by atoms with Crippen molar-refractivity contribution >= 4 is 11.7 Å². The van der Waals surface area contributed by atoms with E-state index in [9.17, 15) is 4.79 Å². The van der Waals surface area contributed by atoms with E-state index >= 15 is 0 Å². The van der Waals surface area contributed by atoms with Crippen LogP contribution in [-0.4, -0.2) is 27.0 Å². The van der Waals surface area contributed by atoms with Gasteiger partial charge in [-0.2, -0.15) is 0 Å². The molecule has 0 aromatic carbocycles. The zero-order valence-corrected chi connectivity index (χ0v) is 6.01. The van der Waals surface area contributed by atoms with Crippen molar-refractivity contribution in [2.75, 3.05) is 0 Å². The van der Waals surface area contributed by atoms with Gasteiger partial charge in [0.2, 0.25) is 5.71 Å². The molecule has 0 atom stereocenters. The maximum Gasteiger partial charge on any atom is 0.360 e. The molecule has 1 rings (SSSR count). The molecular weight excluding hydrogens is 160 g/mol. The fraction of sp³-hybridized carbons (Fsp3) is 0. The van der Waals surface area contributed by atoms with E-state index in [2.05, 4.69) is 10.1 Å². The summed E-state index contributed by atoms with van der Waals surface area (Å²) >= 11 is 0. The monoisotopic (exact) mass is 166 g/mol. The minimum Gasteiger partial charge on any atom is -0.476 e. The largest absolute Gasteiger partial charge is 0.476 e. The summed E-state index contributed by atoms with van der Waals surface area (Å²) in [7, 11) is 0. The lowest BCUT2D eigenvalue weighted by Gasteiger charge is -1.95. The summed E-state index contributed by atoms with van der Waals surface area (Å²) in [4.78, 5) is 14.1. The molecule has 0 fully saturated rings. The average Bonchev–Trinajstić information content (AvgIpc) is 2.07. The Hall–Kier alpha value is -1.91. The molecule has 0 spiro atoms. The predicted molar refractivity (Wildman–Crippen MR) is 40.2 cm³/mol. The predicted octanol–water partition coefficient (Wildman–Crippen LogP) is 0.345. The normalized spacial score (nSPS) is 11.2. The number of hydrogen-bond acceptors (Lipinski definition) is 4. The topological polar surface area (TPSA) is 82.8 Å². The first kappa shape index (κ1) is 8.19. The highest BCUT2D eigenvalue weighted by atomic mass is 16.4. The number of carboxylic acid groups (broad SMARTS) is 1. The van der Waals surface area contributed by atoms with Crippen molar-refractivity contribution < 1.29 is 15.1 Å². The molecule has 2 N–H and O–H groups in total. The van der Waals surface area contributed by atoms with Gasteiger partial charge in [0.15, 0.2) is 0 Å². The van der Waals surface area contributed by atoms with Crippen molar-refractivity contribution in [3.63, 3.8) is 0 Å². The average molecular weight is 166 g/mol. The zero-order valence-electron chi connectivity index (χ0n) is 6.01. The summed E-state index contributed by atoms with van der Waals surface area (Å²) in [6, 6.07) is 4.69. The molecule has 0 saturated carbocycles. The van der Waals surface area contributed by atoms with Gasteiger partial charge in [0.25, 0.3) is 0 Å². The number of aromatic nitrogens is 1. The van der Waals surface area contributed by atoms with Crippen LogP contribution >= 0.6 is 0 Å². The SMILES string of the molecule is O=C(O)/C(=N\O)c1ccccn1. The van der Waals surface area contributed by atoms with Crippen molar-refractivity contribution in [1.29, 1.82) is 0 Å². The number of carboxylic acids is 1. The first-order valence-electron chi connectivity index (χ1n) is 3.12. The van der Waals surface area contributed by atoms with E-state index in [1.165, 1.54) is 12.3 Å². The Morgan fingerprint density at radius 3 is 2.67 bits per heavy atom. The molecule has 0 unspecified atom stereocenters. The number of rotatable bonds is 2. The molecule has 1 aromatic heterocycles. The molecule has 5 nitrogen and oxygen atoms in total. The second-order valence-corrected chi connectivity index (χ2v) is 1.97. The summed E-state index contributed by atoms with van der Waals surface area (Å²) in [6.45, 7) is 0. The van der Waals surface area contributed by atoms with Crippen molar-refractivity contribution in [2.24, 2.45) is 5.16 Å². The quantitative estimate of drug-likeness (QED) is 0.377. The number of nitrogens with zero attached hydrogens (tertiary/aromatic N) is 2. The minimum absolute atomic E-state index is 0.132. The molecule has 1 heterocycles. The minimum atomic E-state index is -1.31. The second-order valence-electron chi connectivity index (χ2n) is 1.97. The van der Waals surface area contributed by atoms with E-state index in [0.717, 1.165) is 0 Å². The van der Waals surface area contributed by atoms with Crippen LogP contribution in [0.1, 0.15) is 5.69 Å². The highest BCUT2D eigenvalue weighted by molar-refractivity contribution is 6.41. The first-order chi connectivity index (χ1) is 5.75. The molecule has 0 radical (unpaired) electrons. The van der Waals surface area contributed by atoms with Gasteiger partial charge in [-0.25, -0.2) is 4.79 Å². The third-order valence-corrected chi connectivity index (χ3v) is 1.21. The number of carbonyl (C=O) groups is 1. The van der Waals surface area contributed by atoms with Crippen LogP contribution in [0.3, 0.4) is 0 Å². The van der Waals surface area contributed by atoms with Crippen LogP contribution in [0.25, 0.3) is 0 Å². The van der Waals surface area contributed by atoms with E-state index in [-0.39, 0.29) is 5.69 Å². The number of aliphatic carboxylic acids is 1. The van der Waals surface area contributed by atoms with E-state index in [1.807, 2.05) is 0 Å². The fourth-order valence-electron chi connectivity index (χ4n) is 0.706. The fourth-order valence-corrected chi connectivity index (χ4v) is 0.706. The van der Waals surface area contributed by atoms with Gasteiger partial charge in [-0.05, 0) is 12.1 Å². The van der Waals surface area contributed by atoms with Crippen LogP contribution in [-0.2, 0) is 4.79 Å². The van der Waals surface area contributed by atoms with Crippen LogP contribution in [0.2, 0.25) is 0 Å². The number of oxime groups is 1. The number of hydrogen-bond donors (Lipinski definition) is 2. The molecule has 0 aliphatic carbocycles.